The summed E-state index contributed by atoms with van der Waals surface area (Å²) in [5.74, 6) is 0.369. The molecule has 0 saturated carbocycles. The Balaban J connectivity index is 2.02. The molecule has 1 aliphatic carbocycles. The number of hydrogen-bond acceptors (Lipinski definition) is 7. The number of hydrogen-bond donors (Lipinski definition) is 2. The molecule has 26 heavy (non-hydrogen) atoms. The third-order valence-electron chi connectivity index (χ3n) is 3.45. The van der Waals surface area contributed by atoms with Crippen LogP contribution in [-0.2, 0) is 17.3 Å². The molecule has 2 rings (SSSR count). The standard InChI is InChI=1S/C17H26IN3O5/c1-17(2,3)25-16(23)19-14(18-21-20-15(26-18)9-10-22)11-12-5-7-13(24-4)8-6-12/h5-7,10,13-14,21H,8-9,11H2,1-4H3,(H,19,23). The second kappa shape index (κ2) is 9.36. The van der Waals surface area contributed by atoms with E-state index in [0.29, 0.717) is 12.3 Å². The molecule has 8 nitrogen and oxygen atoms in total. The number of aldehydes is 1. The van der Waals surface area contributed by atoms with Crippen molar-refractivity contribution < 1.29 is 22.1 Å². The van der Waals surface area contributed by atoms with Crippen LogP contribution in [0.3, 0.4) is 0 Å². The van der Waals surface area contributed by atoms with Gasteiger partial charge in [0.15, 0.2) is 0 Å². The van der Waals surface area contributed by atoms with Crippen molar-refractivity contribution in [2.24, 2.45) is 5.10 Å². The van der Waals surface area contributed by atoms with Gasteiger partial charge in [-0.25, -0.2) is 0 Å². The Bertz CT molecular complexity index is 612. The zero-order valence-electron chi connectivity index (χ0n) is 15.5. The Labute approximate surface area is 161 Å². The number of ether oxygens (including phenoxy) is 2. The number of alkyl halides is 1. The molecule has 2 atom stereocenters. The van der Waals surface area contributed by atoms with Gasteiger partial charge in [0.1, 0.15) is 0 Å². The molecule has 0 fully saturated rings. The molecule has 146 valence electrons. The minimum atomic E-state index is -2.33. The van der Waals surface area contributed by atoms with Gasteiger partial charge < -0.3 is 0 Å². The van der Waals surface area contributed by atoms with Crippen molar-refractivity contribution >= 4 is 38.8 Å². The van der Waals surface area contributed by atoms with E-state index < -0.39 is 32.2 Å². The second-order valence-electron chi connectivity index (χ2n) is 6.78. The number of nitrogens with one attached hydrogen (secondary N) is 2. The first kappa shape index (κ1) is 20.7. The Morgan fingerprint density at radius 1 is 1.58 bits per heavy atom. The van der Waals surface area contributed by atoms with Crippen LogP contribution >= 0.6 is 20.5 Å². The Hall–Kier alpha value is -1.62. The van der Waals surface area contributed by atoms with Gasteiger partial charge >= 0.3 is 162 Å². The number of halogens is 1. The summed E-state index contributed by atoms with van der Waals surface area (Å²) in [4.78, 5) is 22.9. The molecule has 2 N–H and O–H groups in total. The molecule has 1 heterocycles. The third-order valence-corrected chi connectivity index (χ3v) is 7.26. The zero-order valence-corrected chi connectivity index (χ0v) is 17.6. The van der Waals surface area contributed by atoms with Crippen LogP contribution in [0.2, 0.25) is 0 Å². The van der Waals surface area contributed by atoms with Crippen molar-refractivity contribution in [3.63, 3.8) is 0 Å². The molecule has 1 amide bonds. The summed E-state index contributed by atoms with van der Waals surface area (Å²) in [5.41, 5.74) is 0.502. The molecular weight excluding hydrogens is 453 g/mol. The Morgan fingerprint density at radius 2 is 2.35 bits per heavy atom. The van der Waals surface area contributed by atoms with Crippen LogP contribution in [0.5, 0.6) is 0 Å². The monoisotopic (exact) mass is 479 g/mol. The fourth-order valence-electron chi connectivity index (χ4n) is 2.26. The van der Waals surface area contributed by atoms with Crippen molar-refractivity contribution in [2.75, 3.05) is 7.11 Å². The van der Waals surface area contributed by atoms with Crippen LogP contribution in [0, 0.1) is 0 Å². The van der Waals surface area contributed by atoms with Crippen LogP contribution in [0.1, 0.15) is 40.0 Å². The van der Waals surface area contributed by atoms with E-state index in [2.05, 4.69) is 20.1 Å². The first-order valence-corrected chi connectivity index (χ1v) is 11.5. The summed E-state index contributed by atoms with van der Waals surface area (Å²) in [6.45, 7) is 5.44. The normalized spacial score (nSPS) is 21.8. The molecular formula is C17H26IN3O5. The molecule has 9 heteroatoms. The number of carbonyl (C=O) groups excluding carboxylic acids is 2. The summed E-state index contributed by atoms with van der Waals surface area (Å²) < 4.78 is 19.2. The average molecular weight is 479 g/mol. The van der Waals surface area contributed by atoms with Crippen molar-refractivity contribution in [1.29, 1.82) is 0 Å². The third kappa shape index (κ3) is 6.60. The summed E-state index contributed by atoms with van der Waals surface area (Å²) in [6.07, 6.45) is 7.93. The van der Waals surface area contributed by atoms with Gasteiger partial charge in [-0.1, -0.05) is 0 Å². The van der Waals surface area contributed by atoms with E-state index in [1.807, 2.05) is 32.9 Å². The number of methoxy groups -OCH3 is 1. The summed E-state index contributed by atoms with van der Waals surface area (Å²) in [6, 6.07) is 0. The van der Waals surface area contributed by atoms with Gasteiger partial charge in [0, 0.05) is 0 Å². The number of allylic oxidation sites excluding steroid dienone is 1. The van der Waals surface area contributed by atoms with Crippen LogP contribution in [0.15, 0.2) is 28.9 Å². The molecule has 0 bridgehead atoms. The van der Waals surface area contributed by atoms with Crippen molar-refractivity contribution in [3.05, 3.63) is 23.8 Å². The number of alkyl carbamates (subject to hydrolysis) is 1. The predicted octanol–water partition coefficient (Wildman–Crippen LogP) is 2.99. The number of carbonyl (C=O) groups is 2. The van der Waals surface area contributed by atoms with Crippen molar-refractivity contribution in [1.82, 2.24) is 8.96 Å². The van der Waals surface area contributed by atoms with Gasteiger partial charge in [-0.15, -0.1) is 0 Å². The van der Waals surface area contributed by atoms with E-state index in [0.717, 1.165) is 18.3 Å². The molecule has 0 aromatic heterocycles. The van der Waals surface area contributed by atoms with Crippen molar-refractivity contribution in [3.8, 4) is 0 Å². The predicted molar refractivity (Wildman–Crippen MR) is 107 cm³/mol. The molecule has 0 radical (unpaired) electrons. The van der Waals surface area contributed by atoms with Gasteiger partial charge in [-0.3, -0.25) is 0 Å². The van der Waals surface area contributed by atoms with Gasteiger partial charge in [0.05, 0.1) is 0 Å². The van der Waals surface area contributed by atoms with Crippen LogP contribution < -0.4 is 8.96 Å². The molecule has 0 aromatic rings. The summed E-state index contributed by atoms with van der Waals surface area (Å²) in [7, 11) is 1.68. The van der Waals surface area contributed by atoms with Gasteiger partial charge in [0.25, 0.3) is 0 Å². The quantitative estimate of drug-likeness (QED) is 0.192. The first-order valence-electron chi connectivity index (χ1n) is 8.33. The minimum absolute atomic E-state index is 0.0817. The molecule has 0 aromatic carbocycles. The Morgan fingerprint density at radius 3 is 2.92 bits per heavy atom. The number of nitrogens with zero attached hydrogens (tertiary/aromatic N) is 1. The maximum absolute atomic E-state index is 12.2. The molecule has 2 unspecified atom stereocenters. The summed E-state index contributed by atoms with van der Waals surface area (Å²) in [5, 5.41) is 6.97. The van der Waals surface area contributed by atoms with E-state index in [4.69, 9.17) is 12.5 Å². The van der Waals surface area contributed by atoms with Crippen molar-refractivity contribution in [2.45, 2.75) is 55.8 Å². The maximum atomic E-state index is 12.2. The fraction of sp³-hybridized carbons (Fsp3) is 0.588. The molecule has 1 aliphatic heterocycles. The molecule has 2 aliphatic rings. The van der Waals surface area contributed by atoms with E-state index >= 15 is 0 Å². The van der Waals surface area contributed by atoms with Crippen LogP contribution in [0.25, 0.3) is 0 Å². The summed E-state index contributed by atoms with van der Waals surface area (Å²) >= 11 is -2.33. The molecule has 0 spiro atoms. The topological polar surface area (TPSA) is 98.3 Å². The average Bonchev–Trinajstić information content (AvgIpc) is 3.02. The van der Waals surface area contributed by atoms with Gasteiger partial charge in [-0.2, -0.15) is 0 Å². The van der Waals surface area contributed by atoms with E-state index in [-0.39, 0.29) is 16.6 Å². The van der Waals surface area contributed by atoms with E-state index in [1.165, 1.54) is 0 Å². The Kier molecular flexibility index (Phi) is 7.44. The van der Waals surface area contributed by atoms with Crippen LogP contribution in [0.4, 0.5) is 4.79 Å². The number of amides is 1. The molecule has 0 saturated heterocycles. The second-order valence-corrected chi connectivity index (χ2v) is 10.8. The number of rotatable bonds is 7. The fourth-order valence-corrected chi connectivity index (χ4v) is 5.78. The van der Waals surface area contributed by atoms with Gasteiger partial charge in [0.2, 0.25) is 0 Å². The first-order chi connectivity index (χ1) is 12.3. The SMILES string of the molecule is COC1C=CC(CC(NC(=O)OC(C)(C)C)I2NN=C(CC=O)O2)=CC1. The van der Waals surface area contributed by atoms with Crippen LogP contribution in [-0.4, -0.2) is 41.1 Å². The van der Waals surface area contributed by atoms with E-state index in [9.17, 15) is 9.59 Å². The van der Waals surface area contributed by atoms with Gasteiger partial charge in [-0.05, 0) is 0 Å². The zero-order chi connectivity index (χ0) is 19.2. The number of hydrazone groups is 1. The van der Waals surface area contributed by atoms with E-state index in [1.54, 1.807) is 7.11 Å².